The van der Waals surface area contributed by atoms with E-state index in [2.05, 4.69) is 31.3 Å². The number of nitrogens with zero attached hydrogens (tertiary/aromatic N) is 1. The van der Waals surface area contributed by atoms with Crippen LogP contribution >= 0.6 is 0 Å². The number of hydrogen-bond donors (Lipinski definition) is 1. The molecule has 0 aliphatic heterocycles. The third-order valence-corrected chi connectivity index (χ3v) is 4.88. The molecule has 144 valence electrons. The molecule has 0 aromatic heterocycles. The molecule has 2 aromatic rings. The van der Waals surface area contributed by atoms with E-state index in [4.69, 9.17) is 0 Å². The summed E-state index contributed by atoms with van der Waals surface area (Å²) in [4.78, 5) is 26.4. The summed E-state index contributed by atoms with van der Waals surface area (Å²) < 4.78 is 0. The molecular weight excluding hydrogens is 336 g/mol. The third-order valence-electron chi connectivity index (χ3n) is 4.88. The van der Waals surface area contributed by atoms with Crippen LogP contribution in [0.25, 0.3) is 0 Å². The van der Waals surface area contributed by atoms with Gasteiger partial charge in [-0.05, 0) is 42.0 Å². The van der Waals surface area contributed by atoms with Crippen molar-refractivity contribution < 1.29 is 9.59 Å². The topological polar surface area (TPSA) is 49.4 Å². The second-order valence-corrected chi connectivity index (χ2v) is 6.76. The van der Waals surface area contributed by atoms with Gasteiger partial charge in [0.2, 0.25) is 11.8 Å². The number of hydrogen-bond acceptors (Lipinski definition) is 2. The highest BCUT2D eigenvalue weighted by atomic mass is 16.2. The van der Waals surface area contributed by atoms with Crippen molar-refractivity contribution in [1.29, 1.82) is 0 Å². The predicted molar refractivity (Wildman–Crippen MR) is 111 cm³/mol. The SMILES string of the molecule is CCc1cccc(CC)c1N(CCNC(=O)Cc1ccccc1C)C(C)=O. The summed E-state index contributed by atoms with van der Waals surface area (Å²) in [5, 5.41) is 2.96. The van der Waals surface area contributed by atoms with Crippen LogP contribution in [0.5, 0.6) is 0 Å². The minimum absolute atomic E-state index is 0.00115. The van der Waals surface area contributed by atoms with E-state index in [0.717, 1.165) is 40.8 Å². The molecule has 4 heteroatoms. The maximum Gasteiger partial charge on any atom is 0.224 e. The standard InChI is InChI=1S/C23H30N2O2/c1-5-19-12-9-13-20(6-2)23(19)25(18(4)26)15-14-24-22(27)16-21-11-8-7-10-17(21)3/h7-13H,5-6,14-16H2,1-4H3,(H,24,27). The Kier molecular flexibility index (Phi) is 7.59. The Bertz CT molecular complexity index is 776. The number of benzene rings is 2. The predicted octanol–water partition coefficient (Wildman–Crippen LogP) is 3.83. The summed E-state index contributed by atoms with van der Waals surface area (Å²) in [5.41, 5.74) is 5.47. The number of rotatable bonds is 8. The Morgan fingerprint density at radius 2 is 1.52 bits per heavy atom. The lowest BCUT2D eigenvalue weighted by Crippen LogP contribution is -2.39. The highest BCUT2D eigenvalue weighted by molar-refractivity contribution is 5.93. The zero-order valence-electron chi connectivity index (χ0n) is 16.8. The number of anilines is 1. The van der Waals surface area contributed by atoms with Gasteiger partial charge in [-0.1, -0.05) is 56.3 Å². The Labute approximate surface area is 162 Å². The summed E-state index contributed by atoms with van der Waals surface area (Å²) in [6.07, 6.45) is 2.09. The van der Waals surface area contributed by atoms with Crippen molar-refractivity contribution in [3.63, 3.8) is 0 Å². The lowest BCUT2D eigenvalue weighted by Gasteiger charge is -2.26. The van der Waals surface area contributed by atoms with E-state index in [1.807, 2.05) is 37.3 Å². The monoisotopic (exact) mass is 366 g/mol. The zero-order chi connectivity index (χ0) is 19.8. The Morgan fingerprint density at radius 1 is 0.926 bits per heavy atom. The molecule has 0 aliphatic carbocycles. The molecule has 0 atom stereocenters. The van der Waals surface area contributed by atoms with Crippen LogP contribution in [0.15, 0.2) is 42.5 Å². The lowest BCUT2D eigenvalue weighted by molar-refractivity contribution is -0.121. The van der Waals surface area contributed by atoms with Crippen molar-refractivity contribution in [2.24, 2.45) is 0 Å². The first-order valence-electron chi connectivity index (χ1n) is 9.68. The summed E-state index contributed by atoms with van der Waals surface area (Å²) in [6.45, 7) is 8.69. The van der Waals surface area contributed by atoms with E-state index < -0.39 is 0 Å². The number of nitrogens with one attached hydrogen (secondary N) is 1. The molecule has 27 heavy (non-hydrogen) atoms. The van der Waals surface area contributed by atoms with Crippen molar-refractivity contribution in [3.05, 3.63) is 64.7 Å². The Morgan fingerprint density at radius 3 is 2.07 bits per heavy atom. The first kappa shape index (κ1) is 20.7. The number of aryl methyl sites for hydroxylation is 3. The van der Waals surface area contributed by atoms with Gasteiger partial charge in [0.1, 0.15) is 0 Å². The second kappa shape index (κ2) is 9.91. The number of para-hydroxylation sites is 1. The largest absolute Gasteiger partial charge is 0.354 e. The average Bonchev–Trinajstić information content (AvgIpc) is 2.66. The van der Waals surface area contributed by atoms with Gasteiger partial charge in [0.15, 0.2) is 0 Å². The molecule has 0 fully saturated rings. The molecule has 0 saturated carbocycles. The van der Waals surface area contributed by atoms with Gasteiger partial charge in [-0.3, -0.25) is 9.59 Å². The van der Waals surface area contributed by atoms with E-state index in [9.17, 15) is 9.59 Å². The van der Waals surface area contributed by atoms with Crippen LogP contribution in [0, 0.1) is 6.92 Å². The summed E-state index contributed by atoms with van der Waals surface area (Å²) >= 11 is 0. The van der Waals surface area contributed by atoms with Crippen LogP contribution in [-0.4, -0.2) is 24.9 Å². The molecule has 0 spiro atoms. The molecule has 0 aliphatic rings. The van der Waals surface area contributed by atoms with Gasteiger partial charge in [-0.15, -0.1) is 0 Å². The van der Waals surface area contributed by atoms with E-state index in [1.165, 1.54) is 0 Å². The molecule has 0 unspecified atom stereocenters. The van der Waals surface area contributed by atoms with E-state index >= 15 is 0 Å². The van der Waals surface area contributed by atoms with Crippen LogP contribution < -0.4 is 10.2 Å². The molecule has 0 bridgehead atoms. The van der Waals surface area contributed by atoms with E-state index in [-0.39, 0.29) is 11.8 Å². The van der Waals surface area contributed by atoms with Gasteiger partial charge in [0.05, 0.1) is 12.1 Å². The van der Waals surface area contributed by atoms with Gasteiger partial charge < -0.3 is 10.2 Å². The molecular formula is C23H30N2O2. The van der Waals surface area contributed by atoms with Gasteiger partial charge in [-0.2, -0.15) is 0 Å². The molecule has 2 amide bonds. The van der Waals surface area contributed by atoms with Crippen LogP contribution in [0.1, 0.15) is 43.0 Å². The van der Waals surface area contributed by atoms with Crippen LogP contribution in [0.2, 0.25) is 0 Å². The molecule has 0 heterocycles. The Hall–Kier alpha value is -2.62. The van der Waals surface area contributed by atoms with Gasteiger partial charge in [0.25, 0.3) is 0 Å². The minimum atomic E-state index is -0.0210. The van der Waals surface area contributed by atoms with Gasteiger partial charge in [0, 0.05) is 20.0 Å². The molecule has 2 rings (SSSR count). The summed E-state index contributed by atoms with van der Waals surface area (Å²) in [6, 6.07) is 14.1. The minimum Gasteiger partial charge on any atom is -0.354 e. The van der Waals surface area contributed by atoms with Crippen LogP contribution in [-0.2, 0) is 28.9 Å². The van der Waals surface area contributed by atoms with Crippen molar-refractivity contribution >= 4 is 17.5 Å². The van der Waals surface area contributed by atoms with Crippen molar-refractivity contribution in [2.45, 2.75) is 47.0 Å². The van der Waals surface area contributed by atoms with Crippen molar-refractivity contribution in [1.82, 2.24) is 5.32 Å². The van der Waals surface area contributed by atoms with E-state index in [1.54, 1.807) is 11.8 Å². The summed E-state index contributed by atoms with van der Waals surface area (Å²) in [7, 11) is 0. The molecule has 4 nitrogen and oxygen atoms in total. The first-order valence-corrected chi connectivity index (χ1v) is 9.68. The maximum absolute atomic E-state index is 12.3. The molecule has 1 N–H and O–H groups in total. The Balaban J connectivity index is 2.05. The first-order chi connectivity index (χ1) is 13.0. The lowest BCUT2D eigenvalue weighted by atomic mass is 10.0. The normalized spacial score (nSPS) is 10.5. The fourth-order valence-corrected chi connectivity index (χ4v) is 3.34. The van der Waals surface area contributed by atoms with Crippen molar-refractivity contribution in [2.75, 3.05) is 18.0 Å². The molecule has 0 radical (unpaired) electrons. The number of carbonyl (C=O) groups excluding carboxylic acids is 2. The maximum atomic E-state index is 12.3. The fraction of sp³-hybridized carbons (Fsp3) is 0.391. The number of carbonyl (C=O) groups is 2. The number of amides is 2. The van der Waals surface area contributed by atoms with Gasteiger partial charge >= 0.3 is 0 Å². The smallest absolute Gasteiger partial charge is 0.224 e. The third kappa shape index (κ3) is 5.43. The summed E-state index contributed by atoms with van der Waals surface area (Å²) in [5.74, 6) is -0.0222. The average molecular weight is 367 g/mol. The van der Waals surface area contributed by atoms with E-state index in [0.29, 0.717) is 19.5 Å². The second-order valence-electron chi connectivity index (χ2n) is 6.76. The molecule has 2 aromatic carbocycles. The molecule has 0 saturated heterocycles. The van der Waals surface area contributed by atoms with Gasteiger partial charge in [-0.25, -0.2) is 0 Å². The zero-order valence-corrected chi connectivity index (χ0v) is 16.8. The van der Waals surface area contributed by atoms with Crippen LogP contribution in [0.4, 0.5) is 5.69 Å². The fourth-order valence-electron chi connectivity index (χ4n) is 3.34. The van der Waals surface area contributed by atoms with Crippen LogP contribution in [0.3, 0.4) is 0 Å². The quantitative estimate of drug-likeness (QED) is 0.772. The van der Waals surface area contributed by atoms with Crippen molar-refractivity contribution in [3.8, 4) is 0 Å². The highest BCUT2D eigenvalue weighted by Gasteiger charge is 2.18. The highest BCUT2D eigenvalue weighted by Crippen LogP contribution is 2.27.